The molecule has 0 radical (unpaired) electrons. The number of nitrogens with zero attached hydrogens (tertiary/aromatic N) is 1. The van der Waals surface area contributed by atoms with Crippen molar-refractivity contribution in [3.63, 3.8) is 0 Å². The van der Waals surface area contributed by atoms with Gasteiger partial charge in [0.25, 0.3) is 0 Å². The minimum absolute atomic E-state index is 0.358. The van der Waals surface area contributed by atoms with Crippen molar-refractivity contribution in [3.8, 4) is 0 Å². The molecule has 0 aliphatic carbocycles. The van der Waals surface area contributed by atoms with Crippen LogP contribution < -0.4 is 5.32 Å². The summed E-state index contributed by atoms with van der Waals surface area (Å²) in [4.78, 5) is 0. The zero-order valence-electron chi connectivity index (χ0n) is 10.8. The van der Waals surface area contributed by atoms with Crippen LogP contribution in [0.25, 0.3) is 10.9 Å². The molecule has 0 aliphatic rings. The molecular formula is C14H19BrN2. The number of aromatic nitrogens is 1. The SMILES string of the molecule is CNC(C)c1cc2c(Br)cccc2n1C(C)C. The van der Waals surface area contributed by atoms with Crippen LogP contribution in [0.3, 0.4) is 0 Å². The van der Waals surface area contributed by atoms with Crippen LogP contribution in [0.2, 0.25) is 0 Å². The quantitative estimate of drug-likeness (QED) is 0.895. The molecule has 2 rings (SSSR count). The lowest BCUT2D eigenvalue weighted by atomic mass is 10.2. The zero-order valence-corrected chi connectivity index (χ0v) is 12.4. The van der Waals surface area contributed by atoms with Crippen LogP contribution in [0.5, 0.6) is 0 Å². The molecule has 1 heterocycles. The van der Waals surface area contributed by atoms with E-state index >= 15 is 0 Å². The second-order valence-electron chi connectivity index (χ2n) is 4.72. The van der Waals surface area contributed by atoms with Crippen LogP contribution in [0.15, 0.2) is 28.7 Å². The Kier molecular flexibility index (Phi) is 3.59. The van der Waals surface area contributed by atoms with Gasteiger partial charge in [-0.25, -0.2) is 0 Å². The van der Waals surface area contributed by atoms with Gasteiger partial charge in [0, 0.05) is 33.2 Å². The third-order valence-electron chi connectivity index (χ3n) is 3.25. The van der Waals surface area contributed by atoms with Crippen molar-refractivity contribution >= 4 is 26.8 Å². The van der Waals surface area contributed by atoms with E-state index in [1.165, 1.54) is 21.1 Å². The van der Waals surface area contributed by atoms with Crippen LogP contribution in [-0.4, -0.2) is 11.6 Å². The maximum absolute atomic E-state index is 3.63. The van der Waals surface area contributed by atoms with Crippen molar-refractivity contribution in [2.75, 3.05) is 7.05 Å². The average molecular weight is 295 g/mol. The highest BCUT2D eigenvalue weighted by molar-refractivity contribution is 9.10. The van der Waals surface area contributed by atoms with Gasteiger partial charge >= 0.3 is 0 Å². The lowest BCUT2D eigenvalue weighted by Gasteiger charge is -2.18. The molecule has 1 atom stereocenters. The largest absolute Gasteiger partial charge is 0.340 e. The summed E-state index contributed by atoms with van der Waals surface area (Å²) in [6.07, 6.45) is 0. The molecule has 17 heavy (non-hydrogen) atoms. The van der Waals surface area contributed by atoms with E-state index in [0.717, 1.165) is 0 Å². The number of hydrogen-bond acceptors (Lipinski definition) is 1. The molecule has 1 aromatic carbocycles. The first-order valence-electron chi connectivity index (χ1n) is 6.03. The maximum Gasteiger partial charge on any atom is 0.0496 e. The van der Waals surface area contributed by atoms with Crippen molar-refractivity contribution in [1.82, 2.24) is 9.88 Å². The van der Waals surface area contributed by atoms with Gasteiger partial charge in [-0.15, -0.1) is 0 Å². The lowest BCUT2D eigenvalue weighted by molar-refractivity contribution is 0.535. The van der Waals surface area contributed by atoms with Gasteiger partial charge in [0.1, 0.15) is 0 Å². The summed E-state index contributed by atoms with van der Waals surface area (Å²) in [5.74, 6) is 0. The highest BCUT2D eigenvalue weighted by atomic mass is 79.9. The van der Waals surface area contributed by atoms with Crippen molar-refractivity contribution in [1.29, 1.82) is 0 Å². The summed E-state index contributed by atoms with van der Waals surface area (Å²) < 4.78 is 3.57. The fraction of sp³-hybridized carbons (Fsp3) is 0.429. The summed E-state index contributed by atoms with van der Waals surface area (Å²) in [5, 5.41) is 4.61. The molecule has 0 saturated heterocycles. The van der Waals surface area contributed by atoms with Crippen molar-refractivity contribution in [2.24, 2.45) is 0 Å². The van der Waals surface area contributed by atoms with Gasteiger partial charge in [-0.3, -0.25) is 0 Å². The highest BCUT2D eigenvalue weighted by Gasteiger charge is 2.16. The lowest BCUT2D eigenvalue weighted by Crippen LogP contribution is -2.17. The number of benzene rings is 1. The monoisotopic (exact) mass is 294 g/mol. The molecule has 0 amide bonds. The third-order valence-corrected chi connectivity index (χ3v) is 3.94. The Morgan fingerprint density at radius 1 is 1.24 bits per heavy atom. The minimum Gasteiger partial charge on any atom is -0.340 e. The van der Waals surface area contributed by atoms with Crippen LogP contribution in [0.1, 0.15) is 38.5 Å². The molecule has 0 bridgehead atoms. The van der Waals surface area contributed by atoms with E-state index in [2.05, 4.69) is 70.9 Å². The predicted octanol–water partition coefficient (Wildman–Crippen LogP) is 4.27. The Balaban J connectivity index is 2.75. The highest BCUT2D eigenvalue weighted by Crippen LogP contribution is 2.32. The van der Waals surface area contributed by atoms with E-state index < -0.39 is 0 Å². The summed E-state index contributed by atoms with van der Waals surface area (Å²) in [5.41, 5.74) is 2.64. The van der Waals surface area contributed by atoms with E-state index in [1.807, 2.05) is 7.05 Å². The normalized spacial score (nSPS) is 13.5. The minimum atomic E-state index is 0.358. The fourth-order valence-corrected chi connectivity index (χ4v) is 2.76. The smallest absolute Gasteiger partial charge is 0.0496 e. The van der Waals surface area contributed by atoms with E-state index in [9.17, 15) is 0 Å². The molecule has 0 spiro atoms. The molecule has 0 fully saturated rings. The Bertz CT molecular complexity index is 528. The second kappa shape index (κ2) is 4.83. The van der Waals surface area contributed by atoms with Gasteiger partial charge < -0.3 is 9.88 Å². The van der Waals surface area contributed by atoms with Crippen LogP contribution in [0.4, 0.5) is 0 Å². The fourth-order valence-electron chi connectivity index (χ4n) is 2.29. The van der Waals surface area contributed by atoms with Crippen LogP contribution in [-0.2, 0) is 0 Å². The molecule has 2 nitrogen and oxygen atoms in total. The first-order valence-corrected chi connectivity index (χ1v) is 6.82. The molecule has 0 aliphatic heterocycles. The molecular weight excluding hydrogens is 276 g/mol. The van der Waals surface area contributed by atoms with Gasteiger partial charge in [-0.2, -0.15) is 0 Å². The van der Waals surface area contributed by atoms with Crippen LogP contribution in [0, 0.1) is 0 Å². The van der Waals surface area contributed by atoms with E-state index in [4.69, 9.17) is 0 Å². The van der Waals surface area contributed by atoms with Gasteiger partial charge in [0.15, 0.2) is 0 Å². The average Bonchev–Trinajstić information content (AvgIpc) is 2.68. The number of rotatable bonds is 3. The number of halogens is 1. The van der Waals surface area contributed by atoms with Crippen molar-refractivity contribution in [2.45, 2.75) is 32.9 Å². The Hall–Kier alpha value is -0.800. The molecule has 3 heteroatoms. The van der Waals surface area contributed by atoms with Crippen molar-refractivity contribution < 1.29 is 0 Å². The number of nitrogens with one attached hydrogen (secondary N) is 1. The summed E-state index contributed by atoms with van der Waals surface area (Å²) >= 11 is 3.63. The van der Waals surface area contributed by atoms with Gasteiger partial charge in [0.05, 0.1) is 0 Å². The predicted molar refractivity (Wildman–Crippen MR) is 77.5 cm³/mol. The maximum atomic E-state index is 3.63. The molecule has 1 unspecified atom stereocenters. The summed E-state index contributed by atoms with van der Waals surface area (Å²) in [7, 11) is 2.00. The van der Waals surface area contributed by atoms with E-state index in [0.29, 0.717) is 12.1 Å². The second-order valence-corrected chi connectivity index (χ2v) is 5.57. The standard InChI is InChI=1S/C14H19BrN2/c1-9(2)17-13-7-5-6-12(15)11(13)8-14(17)10(3)16-4/h5-10,16H,1-4H3. The van der Waals surface area contributed by atoms with Crippen LogP contribution >= 0.6 is 15.9 Å². The molecule has 0 saturated carbocycles. The Morgan fingerprint density at radius 3 is 2.53 bits per heavy atom. The number of fused-ring (bicyclic) bond motifs is 1. The van der Waals surface area contributed by atoms with E-state index in [1.54, 1.807) is 0 Å². The van der Waals surface area contributed by atoms with Gasteiger partial charge in [-0.05, 0) is 46.0 Å². The Morgan fingerprint density at radius 2 is 1.94 bits per heavy atom. The number of hydrogen-bond donors (Lipinski definition) is 1. The molecule has 1 N–H and O–H groups in total. The first kappa shape index (κ1) is 12.7. The van der Waals surface area contributed by atoms with Gasteiger partial charge in [-0.1, -0.05) is 22.0 Å². The van der Waals surface area contributed by atoms with E-state index in [-0.39, 0.29) is 0 Å². The molecule has 2 aromatic rings. The summed E-state index contributed by atoms with van der Waals surface area (Å²) in [6, 6.07) is 9.48. The van der Waals surface area contributed by atoms with Crippen molar-refractivity contribution in [3.05, 3.63) is 34.4 Å². The summed E-state index contributed by atoms with van der Waals surface area (Å²) in [6.45, 7) is 6.65. The topological polar surface area (TPSA) is 17.0 Å². The Labute approximate surface area is 111 Å². The zero-order chi connectivity index (χ0) is 12.6. The van der Waals surface area contributed by atoms with Gasteiger partial charge in [0.2, 0.25) is 0 Å². The first-order chi connectivity index (χ1) is 8.06. The molecule has 92 valence electrons. The molecule has 1 aromatic heterocycles. The third kappa shape index (κ3) is 2.14.